The van der Waals surface area contributed by atoms with Gasteiger partial charge in [0.2, 0.25) is 5.91 Å². The van der Waals surface area contributed by atoms with E-state index in [0.717, 1.165) is 19.4 Å². The molecule has 1 saturated heterocycles. The lowest BCUT2D eigenvalue weighted by Gasteiger charge is -2.21. The van der Waals surface area contributed by atoms with Crippen molar-refractivity contribution in [3.05, 3.63) is 0 Å². The average molecular weight is 260 g/mol. The largest absolute Gasteiger partial charge is 0.339 e. The summed E-state index contributed by atoms with van der Waals surface area (Å²) in [5.41, 5.74) is 0. The zero-order valence-electron chi connectivity index (χ0n) is 10.2. The molecule has 1 aliphatic carbocycles. The molecular weight excluding hydrogens is 240 g/mol. The lowest BCUT2D eigenvalue weighted by molar-refractivity contribution is -0.130. The maximum absolute atomic E-state index is 11.9. The van der Waals surface area contributed by atoms with Crippen LogP contribution in [0, 0.1) is 0 Å². The molecule has 0 aromatic heterocycles. The molecule has 1 N–H and O–H groups in total. The molecule has 0 aromatic carbocycles. The van der Waals surface area contributed by atoms with Gasteiger partial charge in [-0.1, -0.05) is 0 Å². The van der Waals surface area contributed by atoms with Crippen molar-refractivity contribution in [1.82, 2.24) is 10.2 Å². The molecule has 1 amide bonds. The van der Waals surface area contributed by atoms with Crippen molar-refractivity contribution in [2.24, 2.45) is 0 Å². The van der Waals surface area contributed by atoms with Crippen LogP contribution in [0.1, 0.15) is 26.2 Å². The molecule has 2 fully saturated rings. The highest BCUT2D eigenvalue weighted by atomic mass is 32.2. The molecule has 17 heavy (non-hydrogen) atoms. The molecule has 1 aliphatic heterocycles. The summed E-state index contributed by atoms with van der Waals surface area (Å²) in [7, 11) is -2.86. The second-order valence-electron chi connectivity index (χ2n) is 4.89. The van der Waals surface area contributed by atoms with Gasteiger partial charge in [0.25, 0.3) is 0 Å². The Labute approximate surface area is 102 Å². The molecule has 0 spiro atoms. The van der Waals surface area contributed by atoms with E-state index in [1.165, 1.54) is 0 Å². The van der Waals surface area contributed by atoms with Crippen molar-refractivity contribution in [2.45, 2.75) is 38.3 Å². The molecule has 0 aromatic rings. The Hall–Kier alpha value is -0.620. The van der Waals surface area contributed by atoms with Crippen LogP contribution in [0.25, 0.3) is 0 Å². The topological polar surface area (TPSA) is 66.5 Å². The summed E-state index contributed by atoms with van der Waals surface area (Å²) in [5.74, 6) is 0.522. The lowest BCUT2D eigenvalue weighted by Crippen LogP contribution is -2.43. The number of sulfone groups is 1. The van der Waals surface area contributed by atoms with Gasteiger partial charge in [-0.3, -0.25) is 4.79 Å². The zero-order chi connectivity index (χ0) is 12.5. The van der Waals surface area contributed by atoms with Crippen molar-refractivity contribution >= 4 is 15.7 Å². The van der Waals surface area contributed by atoms with Crippen molar-refractivity contribution < 1.29 is 13.2 Å². The molecular formula is C11H20N2O3S. The first-order valence-corrected chi connectivity index (χ1v) is 8.07. The van der Waals surface area contributed by atoms with Gasteiger partial charge in [-0.05, 0) is 26.2 Å². The summed E-state index contributed by atoms with van der Waals surface area (Å²) >= 11 is 0. The van der Waals surface area contributed by atoms with Gasteiger partial charge in [0.15, 0.2) is 9.84 Å². The van der Waals surface area contributed by atoms with Crippen LogP contribution in [0.15, 0.2) is 0 Å². The SMILES string of the molecule is CCN(C(=O)CNC1CCS(=O)(=O)C1)C1CC1. The van der Waals surface area contributed by atoms with Crippen LogP contribution in [0.4, 0.5) is 0 Å². The van der Waals surface area contributed by atoms with Crippen molar-refractivity contribution in [1.29, 1.82) is 0 Å². The molecule has 0 bridgehead atoms. The fourth-order valence-electron chi connectivity index (χ4n) is 2.31. The Morgan fingerprint density at radius 1 is 1.35 bits per heavy atom. The average Bonchev–Trinajstić information content (AvgIpc) is 3.02. The number of carbonyl (C=O) groups is 1. The van der Waals surface area contributed by atoms with Crippen LogP contribution in [0.2, 0.25) is 0 Å². The third-order valence-corrected chi connectivity index (χ3v) is 5.19. The lowest BCUT2D eigenvalue weighted by atomic mass is 10.2. The van der Waals surface area contributed by atoms with E-state index in [0.29, 0.717) is 12.5 Å². The normalized spacial score (nSPS) is 27.0. The first kappa shape index (κ1) is 12.8. The van der Waals surface area contributed by atoms with Crippen LogP contribution in [-0.4, -0.2) is 55.9 Å². The summed E-state index contributed by atoms with van der Waals surface area (Å²) in [6.45, 7) is 2.99. The van der Waals surface area contributed by atoms with E-state index >= 15 is 0 Å². The van der Waals surface area contributed by atoms with E-state index in [1.54, 1.807) is 0 Å². The number of hydrogen-bond acceptors (Lipinski definition) is 4. The highest BCUT2D eigenvalue weighted by Gasteiger charge is 2.32. The van der Waals surface area contributed by atoms with Gasteiger partial charge in [0.05, 0.1) is 18.1 Å². The van der Waals surface area contributed by atoms with Crippen molar-refractivity contribution in [3.63, 3.8) is 0 Å². The first-order valence-electron chi connectivity index (χ1n) is 6.25. The predicted molar refractivity (Wildman–Crippen MR) is 65.5 cm³/mol. The third-order valence-electron chi connectivity index (χ3n) is 3.42. The molecule has 98 valence electrons. The van der Waals surface area contributed by atoms with Gasteiger partial charge in [0.1, 0.15) is 0 Å². The van der Waals surface area contributed by atoms with Gasteiger partial charge in [-0.25, -0.2) is 8.42 Å². The van der Waals surface area contributed by atoms with Crippen LogP contribution in [0.5, 0.6) is 0 Å². The van der Waals surface area contributed by atoms with Gasteiger partial charge in [0, 0.05) is 18.6 Å². The molecule has 5 nitrogen and oxygen atoms in total. The monoisotopic (exact) mass is 260 g/mol. The van der Waals surface area contributed by atoms with Gasteiger partial charge >= 0.3 is 0 Å². The smallest absolute Gasteiger partial charge is 0.236 e. The minimum Gasteiger partial charge on any atom is -0.339 e. The van der Waals surface area contributed by atoms with Crippen LogP contribution >= 0.6 is 0 Å². The highest BCUT2D eigenvalue weighted by Crippen LogP contribution is 2.26. The molecule has 1 unspecified atom stereocenters. The fraction of sp³-hybridized carbons (Fsp3) is 0.909. The van der Waals surface area contributed by atoms with Crippen molar-refractivity contribution in [2.75, 3.05) is 24.6 Å². The molecule has 1 heterocycles. The van der Waals surface area contributed by atoms with Gasteiger partial charge < -0.3 is 10.2 Å². The summed E-state index contributed by atoms with van der Waals surface area (Å²) in [4.78, 5) is 13.8. The third kappa shape index (κ3) is 3.42. The maximum Gasteiger partial charge on any atom is 0.236 e. The van der Waals surface area contributed by atoms with Crippen LogP contribution in [-0.2, 0) is 14.6 Å². The zero-order valence-corrected chi connectivity index (χ0v) is 11.0. The summed E-state index contributed by atoms with van der Waals surface area (Å²) < 4.78 is 22.5. The maximum atomic E-state index is 11.9. The Morgan fingerprint density at radius 3 is 2.53 bits per heavy atom. The molecule has 6 heteroatoms. The Morgan fingerprint density at radius 2 is 2.06 bits per heavy atom. The Bertz CT molecular complexity index is 390. The molecule has 0 radical (unpaired) electrons. The number of carbonyl (C=O) groups excluding carboxylic acids is 1. The van der Waals surface area contributed by atoms with E-state index in [2.05, 4.69) is 5.32 Å². The second-order valence-corrected chi connectivity index (χ2v) is 7.12. The quantitative estimate of drug-likeness (QED) is 0.742. The molecule has 2 aliphatic rings. The fourth-order valence-corrected chi connectivity index (χ4v) is 4.02. The summed E-state index contributed by atoms with van der Waals surface area (Å²) in [6, 6.07) is 0.392. The van der Waals surface area contributed by atoms with E-state index < -0.39 is 9.84 Å². The Kier molecular flexibility index (Phi) is 3.73. The van der Waals surface area contributed by atoms with E-state index in [9.17, 15) is 13.2 Å². The summed E-state index contributed by atoms with van der Waals surface area (Å²) in [6.07, 6.45) is 2.85. The highest BCUT2D eigenvalue weighted by molar-refractivity contribution is 7.91. The predicted octanol–water partition coefficient (Wildman–Crippen LogP) is -0.226. The van der Waals surface area contributed by atoms with Crippen LogP contribution < -0.4 is 5.32 Å². The van der Waals surface area contributed by atoms with Crippen molar-refractivity contribution in [3.8, 4) is 0 Å². The molecule has 1 atom stereocenters. The number of nitrogens with zero attached hydrogens (tertiary/aromatic N) is 1. The van der Waals surface area contributed by atoms with E-state index in [4.69, 9.17) is 0 Å². The Balaban J connectivity index is 1.76. The minimum atomic E-state index is -2.86. The first-order chi connectivity index (χ1) is 8.02. The standard InChI is InChI=1S/C11H20N2O3S/c1-2-13(10-3-4-10)11(14)7-12-9-5-6-17(15,16)8-9/h9-10,12H,2-8H2,1H3. The number of rotatable bonds is 5. The molecule has 2 rings (SSSR count). The van der Waals surface area contributed by atoms with E-state index in [1.807, 2.05) is 11.8 Å². The van der Waals surface area contributed by atoms with Gasteiger partial charge in [-0.15, -0.1) is 0 Å². The number of hydrogen-bond donors (Lipinski definition) is 1. The minimum absolute atomic E-state index is 0.0399. The van der Waals surface area contributed by atoms with Crippen LogP contribution in [0.3, 0.4) is 0 Å². The number of nitrogens with one attached hydrogen (secondary N) is 1. The summed E-state index contributed by atoms with van der Waals surface area (Å²) in [5, 5.41) is 3.06. The van der Waals surface area contributed by atoms with Gasteiger partial charge in [-0.2, -0.15) is 0 Å². The second kappa shape index (κ2) is 4.94. The van der Waals surface area contributed by atoms with E-state index in [-0.39, 0.29) is 30.0 Å². The number of amides is 1. The molecule has 1 saturated carbocycles. The number of likely N-dealkylation sites (N-methyl/N-ethyl adjacent to an activating group) is 1.